The molecule has 1 aliphatic heterocycles. The van der Waals surface area contributed by atoms with E-state index in [1.807, 2.05) is 35.4 Å². The lowest BCUT2D eigenvalue weighted by atomic mass is 10.0. The highest BCUT2D eigenvalue weighted by molar-refractivity contribution is 5.95. The van der Waals surface area contributed by atoms with E-state index in [1.165, 1.54) is 0 Å². The summed E-state index contributed by atoms with van der Waals surface area (Å²) in [5.74, 6) is -1.96. The van der Waals surface area contributed by atoms with Crippen molar-refractivity contribution in [1.29, 1.82) is 0 Å². The number of hydrogen-bond donors (Lipinski definition) is 3. The topological polar surface area (TPSA) is 94.7 Å². The van der Waals surface area contributed by atoms with E-state index in [-0.39, 0.29) is 12.3 Å². The van der Waals surface area contributed by atoms with Crippen molar-refractivity contribution in [3.8, 4) is 0 Å². The number of benzene rings is 1. The van der Waals surface area contributed by atoms with Crippen LogP contribution in [-0.2, 0) is 14.3 Å². The summed E-state index contributed by atoms with van der Waals surface area (Å²) in [6.07, 6.45) is 1.79. The number of amides is 1. The minimum atomic E-state index is -0.948. The summed E-state index contributed by atoms with van der Waals surface area (Å²) < 4.78 is 5.26. The molecule has 2 aromatic rings. The highest BCUT2D eigenvalue weighted by atomic mass is 16.5. The molecule has 1 aliphatic rings. The molecular weight excluding hydrogens is 310 g/mol. The van der Waals surface area contributed by atoms with Crippen LogP contribution in [0.3, 0.4) is 0 Å². The van der Waals surface area contributed by atoms with Crippen molar-refractivity contribution in [2.45, 2.75) is 6.42 Å². The molecule has 128 valence electrons. The third-order valence-electron chi connectivity index (χ3n) is 4.20. The number of nitrogens with one attached hydrogen (secondary N) is 2. The molecule has 0 aliphatic carbocycles. The predicted octanol–water partition coefficient (Wildman–Crippen LogP) is 1.53. The number of carbonyl (C=O) groups is 2. The molecule has 0 spiro atoms. The Balaban J connectivity index is 1.59. The van der Waals surface area contributed by atoms with E-state index in [2.05, 4.69) is 10.3 Å². The molecule has 0 bridgehead atoms. The van der Waals surface area contributed by atoms with Crippen LogP contribution in [0.15, 0.2) is 30.5 Å². The molecule has 1 aromatic carbocycles. The van der Waals surface area contributed by atoms with Gasteiger partial charge in [0.25, 0.3) is 0 Å². The number of hydrogen-bond acceptors (Lipinski definition) is 4. The van der Waals surface area contributed by atoms with Crippen LogP contribution in [0.1, 0.15) is 6.42 Å². The van der Waals surface area contributed by atoms with Gasteiger partial charge in [0.1, 0.15) is 0 Å². The van der Waals surface area contributed by atoms with Gasteiger partial charge in [0.05, 0.1) is 19.1 Å². The van der Waals surface area contributed by atoms with Crippen molar-refractivity contribution >= 4 is 28.5 Å². The maximum atomic E-state index is 12.2. The number of anilines is 1. The summed E-state index contributed by atoms with van der Waals surface area (Å²) in [4.78, 5) is 28.8. The predicted molar refractivity (Wildman–Crippen MR) is 89.9 cm³/mol. The molecule has 1 aromatic heterocycles. The number of rotatable bonds is 6. The molecule has 3 N–H and O–H groups in total. The van der Waals surface area contributed by atoms with E-state index < -0.39 is 11.9 Å². The van der Waals surface area contributed by atoms with Crippen molar-refractivity contribution in [2.75, 3.05) is 38.2 Å². The Morgan fingerprint density at radius 1 is 1.29 bits per heavy atom. The molecular formula is C17H21N3O4. The second kappa shape index (κ2) is 7.46. The van der Waals surface area contributed by atoms with E-state index in [4.69, 9.17) is 4.74 Å². The van der Waals surface area contributed by atoms with Gasteiger partial charge in [-0.05, 0) is 23.6 Å². The minimum Gasteiger partial charge on any atom is -0.481 e. The number of ether oxygens (including phenoxy) is 1. The second-order valence-electron chi connectivity index (χ2n) is 5.98. The van der Waals surface area contributed by atoms with Crippen molar-refractivity contribution in [3.63, 3.8) is 0 Å². The molecule has 0 radical (unpaired) electrons. The molecule has 0 unspecified atom stereocenters. The lowest BCUT2D eigenvalue weighted by Crippen LogP contribution is -2.41. The van der Waals surface area contributed by atoms with Crippen molar-refractivity contribution < 1.29 is 19.4 Å². The van der Waals surface area contributed by atoms with Crippen LogP contribution >= 0.6 is 0 Å². The number of fused-ring (bicyclic) bond motifs is 1. The second-order valence-corrected chi connectivity index (χ2v) is 5.98. The molecule has 1 atom stereocenters. The Hall–Kier alpha value is -2.38. The molecule has 2 heterocycles. The first-order chi connectivity index (χ1) is 11.6. The first kappa shape index (κ1) is 16.5. The number of aromatic nitrogens is 1. The summed E-state index contributed by atoms with van der Waals surface area (Å²) in [6.45, 7) is 2.98. The smallest absolute Gasteiger partial charge is 0.308 e. The molecule has 1 amide bonds. The van der Waals surface area contributed by atoms with Crippen molar-refractivity contribution in [1.82, 2.24) is 9.88 Å². The third kappa shape index (κ3) is 4.12. The van der Waals surface area contributed by atoms with Gasteiger partial charge in [-0.25, -0.2) is 0 Å². The zero-order chi connectivity index (χ0) is 16.9. The minimum absolute atomic E-state index is 0.0462. The van der Waals surface area contributed by atoms with Crippen LogP contribution in [0.25, 0.3) is 10.9 Å². The lowest BCUT2D eigenvalue weighted by Gasteiger charge is -2.28. The fourth-order valence-electron chi connectivity index (χ4n) is 2.89. The first-order valence-electron chi connectivity index (χ1n) is 8.02. The van der Waals surface area contributed by atoms with E-state index in [1.54, 1.807) is 0 Å². The van der Waals surface area contributed by atoms with Gasteiger partial charge in [-0.15, -0.1) is 0 Å². The number of nitrogens with zero attached hydrogens (tertiary/aromatic N) is 1. The van der Waals surface area contributed by atoms with E-state index in [0.717, 1.165) is 10.9 Å². The summed E-state index contributed by atoms with van der Waals surface area (Å²) in [5.41, 5.74) is 1.58. The average Bonchev–Trinajstić information content (AvgIpc) is 3.02. The van der Waals surface area contributed by atoms with Gasteiger partial charge < -0.3 is 20.1 Å². The van der Waals surface area contributed by atoms with Crippen LogP contribution in [0.4, 0.5) is 5.69 Å². The van der Waals surface area contributed by atoms with Gasteiger partial charge in [-0.1, -0.05) is 6.07 Å². The maximum absolute atomic E-state index is 12.2. The maximum Gasteiger partial charge on any atom is 0.308 e. The van der Waals surface area contributed by atoms with Crippen LogP contribution < -0.4 is 5.32 Å². The summed E-state index contributed by atoms with van der Waals surface area (Å²) in [6, 6.07) is 7.50. The Bertz CT molecular complexity index is 721. The number of carbonyl (C=O) groups excluding carboxylic acids is 1. The zero-order valence-electron chi connectivity index (χ0n) is 13.3. The Labute approximate surface area is 139 Å². The molecule has 24 heavy (non-hydrogen) atoms. The molecule has 7 nitrogen and oxygen atoms in total. The molecule has 3 rings (SSSR count). The number of aromatic amines is 1. The van der Waals surface area contributed by atoms with Crippen LogP contribution in [0, 0.1) is 5.92 Å². The van der Waals surface area contributed by atoms with Gasteiger partial charge in [0.15, 0.2) is 0 Å². The zero-order valence-corrected chi connectivity index (χ0v) is 13.3. The van der Waals surface area contributed by atoms with Gasteiger partial charge in [-0.2, -0.15) is 0 Å². The van der Waals surface area contributed by atoms with Gasteiger partial charge in [-0.3, -0.25) is 14.5 Å². The number of carboxylic acid groups (broad SMARTS) is 1. The highest BCUT2D eigenvalue weighted by Gasteiger charge is 2.25. The number of aliphatic carboxylic acids is 1. The van der Waals surface area contributed by atoms with Crippen LogP contribution in [-0.4, -0.2) is 59.7 Å². The number of H-pyrrole nitrogens is 1. The molecule has 1 fully saturated rings. The fraction of sp³-hybridized carbons (Fsp3) is 0.412. The SMILES string of the molecule is O=C(C[C@@H](CN1CCOCC1)C(=O)O)Nc1ccc2cc[nH]c2c1. The van der Waals surface area contributed by atoms with Crippen LogP contribution in [0.5, 0.6) is 0 Å². The lowest BCUT2D eigenvalue weighted by molar-refractivity contribution is -0.144. The van der Waals surface area contributed by atoms with Crippen molar-refractivity contribution in [3.05, 3.63) is 30.5 Å². The van der Waals surface area contributed by atoms with Crippen LogP contribution in [0.2, 0.25) is 0 Å². The monoisotopic (exact) mass is 331 g/mol. The summed E-state index contributed by atoms with van der Waals surface area (Å²) in [5, 5.41) is 13.2. The quantitative estimate of drug-likeness (QED) is 0.746. The fourth-order valence-corrected chi connectivity index (χ4v) is 2.89. The average molecular weight is 331 g/mol. The number of morpholine rings is 1. The standard InChI is InChI=1S/C17H21N3O4/c21-16(19-14-2-1-12-3-4-18-15(12)10-14)9-13(17(22)23)11-20-5-7-24-8-6-20/h1-4,10,13,18H,5-9,11H2,(H,19,21)(H,22,23)/t13-/m0/s1. The van der Waals surface area contributed by atoms with Gasteiger partial charge >= 0.3 is 5.97 Å². The molecule has 1 saturated heterocycles. The van der Waals surface area contributed by atoms with E-state index in [9.17, 15) is 14.7 Å². The highest BCUT2D eigenvalue weighted by Crippen LogP contribution is 2.18. The van der Waals surface area contributed by atoms with Gasteiger partial charge in [0.2, 0.25) is 5.91 Å². The summed E-state index contributed by atoms with van der Waals surface area (Å²) >= 11 is 0. The largest absolute Gasteiger partial charge is 0.481 e. The molecule has 7 heteroatoms. The Morgan fingerprint density at radius 3 is 2.83 bits per heavy atom. The van der Waals surface area contributed by atoms with Gasteiger partial charge in [0, 0.05) is 43.5 Å². The van der Waals surface area contributed by atoms with E-state index in [0.29, 0.717) is 38.5 Å². The van der Waals surface area contributed by atoms with E-state index >= 15 is 0 Å². The summed E-state index contributed by atoms with van der Waals surface area (Å²) in [7, 11) is 0. The third-order valence-corrected chi connectivity index (χ3v) is 4.20. The normalized spacial score (nSPS) is 16.8. The Morgan fingerprint density at radius 2 is 2.08 bits per heavy atom. The Kier molecular flexibility index (Phi) is 5.12. The molecule has 0 saturated carbocycles. The number of carboxylic acids is 1. The van der Waals surface area contributed by atoms with Crippen molar-refractivity contribution in [2.24, 2.45) is 5.92 Å². The first-order valence-corrected chi connectivity index (χ1v) is 8.02.